The maximum absolute atomic E-state index is 12.3. The maximum Gasteiger partial charge on any atom is 0.303 e. The molecule has 0 aliphatic heterocycles. The number of carboxylic acids is 1. The van der Waals surface area contributed by atoms with Gasteiger partial charge in [-0.05, 0) is 56.3 Å². The van der Waals surface area contributed by atoms with Crippen LogP contribution in [0.3, 0.4) is 0 Å². The predicted octanol–water partition coefficient (Wildman–Crippen LogP) is 4.03. The van der Waals surface area contributed by atoms with Crippen molar-refractivity contribution in [3.05, 3.63) is 24.3 Å². The molecule has 0 heterocycles. The van der Waals surface area contributed by atoms with Crippen molar-refractivity contribution in [1.82, 2.24) is 0 Å². The molecular weight excluding hydrogens is 368 g/mol. The van der Waals surface area contributed by atoms with Crippen molar-refractivity contribution in [2.75, 3.05) is 0 Å². The van der Waals surface area contributed by atoms with Gasteiger partial charge in [0.25, 0.3) is 0 Å². The summed E-state index contributed by atoms with van der Waals surface area (Å²) in [6, 6.07) is 0. The summed E-state index contributed by atoms with van der Waals surface area (Å²) in [5.74, 6) is -0.306. The highest BCUT2D eigenvalue weighted by atomic mass is 16.4. The minimum atomic E-state index is -0.791. The zero-order chi connectivity index (χ0) is 20.9. The van der Waals surface area contributed by atoms with Gasteiger partial charge in [-0.25, -0.2) is 0 Å². The predicted molar refractivity (Wildman–Crippen MR) is 111 cm³/mol. The van der Waals surface area contributed by atoms with Gasteiger partial charge in [-0.15, -0.1) is 0 Å². The summed E-state index contributed by atoms with van der Waals surface area (Å²) < 4.78 is 0. The van der Waals surface area contributed by atoms with Crippen LogP contribution in [0.25, 0.3) is 0 Å². The Kier molecular flexibility index (Phi) is 7.69. The van der Waals surface area contributed by atoms with Gasteiger partial charge in [0.05, 0.1) is 12.2 Å². The number of carbonyl (C=O) groups excluding carboxylic acids is 1. The fourth-order valence-corrected chi connectivity index (χ4v) is 5.07. The van der Waals surface area contributed by atoms with Crippen molar-refractivity contribution in [2.45, 2.75) is 89.3 Å². The highest BCUT2D eigenvalue weighted by molar-refractivity contribution is 5.84. The van der Waals surface area contributed by atoms with E-state index < -0.39 is 12.1 Å². The zero-order valence-electron chi connectivity index (χ0n) is 17.3. The lowest BCUT2D eigenvalue weighted by Gasteiger charge is -2.46. The van der Waals surface area contributed by atoms with E-state index in [-0.39, 0.29) is 42.0 Å². The molecule has 3 fully saturated rings. The number of aliphatic carboxylic acids is 1. The molecule has 4 atom stereocenters. The van der Waals surface area contributed by atoms with Gasteiger partial charge >= 0.3 is 5.97 Å². The van der Waals surface area contributed by atoms with E-state index in [1.54, 1.807) is 0 Å². The van der Waals surface area contributed by atoms with Gasteiger partial charge in [0.1, 0.15) is 5.78 Å². The average molecular weight is 405 g/mol. The number of aliphatic hydroxyl groups is 2. The molecular formula is C24H36O5. The van der Waals surface area contributed by atoms with E-state index in [0.717, 1.165) is 25.2 Å². The number of rotatable bonds is 12. The summed E-state index contributed by atoms with van der Waals surface area (Å²) in [7, 11) is 0. The molecule has 0 bridgehead atoms. The quantitative estimate of drug-likeness (QED) is 0.337. The topological polar surface area (TPSA) is 94.8 Å². The molecule has 0 saturated heterocycles. The minimum absolute atomic E-state index is 0.0899. The number of hydrogen-bond donors (Lipinski definition) is 3. The van der Waals surface area contributed by atoms with Gasteiger partial charge in [-0.1, -0.05) is 43.6 Å². The molecule has 3 saturated carbocycles. The summed E-state index contributed by atoms with van der Waals surface area (Å²) in [5, 5.41) is 29.8. The lowest BCUT2D eigenvalue weighted by molar-refractivity contribution is -0.137. The van der Waals surface area contributed by atoms with Crippen LogP contribution in [0.15, 0.2) is 24.3 Å². The van der Waals surface area contributed by atoms with Gasteiger partial charge < -0.3 is 15.3 Å². The molecule has 29 heavy (non-hydrogen) atoms. The largest absolute Gasteiger partial charge is 0.481 e. The standard InChI is InChI=1S/C24H36O5/c25-20-15-21(26)19(18(20)7-3-1-2-4-10-23(28)29)8-5-9-22(27)24(13-6-14-24)16-17-11-12-17/h1,3,5,8,17-19,21-22,26-27H,2,4,6-7,9-16H2,(H,28,29)/t18-,19-,21-,22?/m1/s1. The third-order valence-corrected chi connectivity index (χ3v) is 7.22. The third kappa shape index (κ3) is 6.02. The molecule has 1 unspecified atom stereocenters. The van der Waals surface area contributed by atoms with Gasteiger partial charge in [-0.2, -0.15) is 0 Å². The number of ketones is 1. The van der Waals surface area contributed by atoms with Gasteiger partial charge in [0.15, 0.2) is 0 Å². The summed E-state index contributed by atoms with van der Waals surface area (Å²) in [5.41, 5.74) is 0.105. The van der Waals surface area contributed by atoms with Crippen LogP contribution in [-0.4, -0.2) is 39.3 Å². The van der Waals surface area contributed by atoms with E-state index in [9.17, 15) is 19.8 Å². The van der Waals surface area contributed by atoms with Crippen LogP contribution in [0, 0.1) is 23.2 Å². The fourth-order valence-electron chi connectivity index (χ4n) is 5.07. The van der Waals surface area contributed by atoms with E-state index in [0.29, 0.717) is 25.7 Å². The number of carboxylic acid groups (broad SMARTS) is 1. The molecule has 0 aromatic carbocycles. The van der Waals surface area contributed by atoms with Crippen molar-refractivity contribution >= 4 is 11.8 Å². The molecule has 5 nitrogen and oxygen atoms in total. The molecule has 3 N–H and O–H groups in total. The number of unbranched alkanes of at least 4 members (excludes halogenated alkanes) is 1. The first-order valence-corrected chi connectivity index (χ1v) is 11.3. The molecule has 3 rings (SSSR count). The smallest absolute Gasteiger partial charge is 0.303 e. The highest BCUT2D eigenvalue weighted by Gasteiger charge is 2.46. The first kappa shape index (κ1) is 22.2. The SMILES string of the molecule is O=C(O)CCCC=CC[C@H]1C(=O)C[C@@H](O)[C@@H]1C=CCC(O)C1(CC2CC2)CCC1. The third-order valence-electron chi connectivity index (χ3n) is 7.22. The van der Waals surface area contributed by atoms with E-state index in [1.165, 1.54) is 19.3 Å². The van der Waals surface area contributed by atoms with E-state index in [1.807, 2.05) is 24.3 Å². The Labute approximate surface area is 173 Å². The van der Waals surface area contributed by atoms with Crippen molar-refractivity contribution < 1.29 is 24.9 Å². The maximum atomic E-state index is 12.3. The van der Waals surface area contributed by atoms with E-state index in [4.69, 9.17) is 5.11 Å². The van der Waals surface area contributed by atoms with Crippen molar-refractivity contribution in [3.8, 4) is 0 Å². The van der Waals surface area contributed by atoms with E-state index in [2.05, 4.69) is 0 Å². The lowest BCUT2D eigenvalue weighted by Crippen LogP contribution is -2.41. The number of Topliss-reactive ketones (excluding diaryl/α,β-unsaturated/α-hetero) is 1. The molecule has 3 aliphatic carbocycles. The lowest BCUT2D eigenvalue weighted by atomic mass is 9.61. The Balaban J connectivity index is 1.48. The molecule has 0 radical (unpaired) electrons. The average Bonchev–Trinajstić information content (AvgIpc) is 3.41. The summed E-state index contributed by atoms with van der Waals surface area (Å²) in [6.07, 6.45) is 16.9. The summed E-state index contributed by atoms with van der Waals surface area (Å²) in [6.45, 7) is 0. The highest BCUT2D eigenvalue weighted by Crippen LogP contribution is 2.53. The van der Waals surface area contributed by atoms with Crippen molar-refractivity contribution in [1.29, 1.82) is 0 Å². The molecule has 0 aromatic rings. The van der Waals surface area contributed by atoms with Crippen LogP contribution in [0.4, 0.5) is 0 Å². The van der Waals surface area contributed by atoms with E-state index >= 15 is 0 Å². The van der Waals surface area contributed by atoms with Crippen molar-refractivity contribution in [2.24, 2.45) is 23.2 Å². The normalized spacial score (nSPS) is 30.1. The number of aliphatic hydroxyl groups excluding tert-OH is 2. The van der Waals surface area contributed by atoms with Gasteiger partial charge in [0, 0.05) is 24.7 Å². The first-order valence-electron chi connectivity index (χ1n) is 11.3. The number of allylic oxidation sites excluding steroid dienone is 2. The fraction of sp³-hybridized carbons (Fsp3) is 0.750. The molecule has 5 heteroatoms. The second kappa shape index (κ2) is 10.0. The number of carbonyl (C=O) groups is 2. The van der Waals surface area contributed by atoms with Crippen LogP contribution < -0.4 is 0 Å². The summed E-state index contributed by atoms with van der Waals surface area (Å²) >= 11 is 0. The minimum Gasteiger partial charge on any atom is -0.481 e. The molecule has 3 aliphatic rings. The van der Waals surface area contributed by atoms with Crippen LogP contribution in [-0.2, 0) is 9.59 Å². The number of hydrogen-bond acceptors (Lipinski definition) is 4. The van der Waals surface area contributed by atoms with Crippen LogP contribution in [0.5, 0.6) is 0 Å². The molecule has 0 amide bonds. The second-order valence-corrected chi connectivity index (χ2v) is 9.46. The summed E-state index contributed by atoms with van der Waals surface area (Å²) in [4.78, 5) is 22.8. The van der Waals surface area contributed by atoms with Crippen LogP contribution in [0.2, 0.25) is 0 Å². The van der Waals surface area contributed by atoms with Gasteiger partial charge in [0.2, 0.25) is 0 Å². The zero-order valence-corrected chi connectivity index (χ0v) is 17.3. The Bertz CT molecular complexity index is 629. The Morgan fingerprint density at radius 2 is 1.97 bits per heavy atom. The Hall–Kier alpha value is -1.46. The molecule has 0 spiro atoms. The van der Waals surface area contributed by atoms with Crippen LogP contribution >= 0.6 is 0 Å². The van der Waals surface area contributed by atoms with Gasteiger partial charge in [-0.3, -0.25) is 9.59 Å². The molecule has 162 valence electrons. The monoisotopic (exact) mass is 404 g/mol. The Morgan fingerprint density at radius 1 is 1.21 bits per heavy atom. The first-order chi connectivity index (χ1) is 13.9. The second-order valence-electron chi connectivity index (χ2n) is 9.46. The van der Waals surface area contributed by atoms with Crippen molar-refractivity contribution in [3.63, 3.8) is 0 Å². The Morgan fingerprint density at radius 3 is 2.59 bits per heavy atom. The molecule has 0 aromatic heterocycles. The van der Waals surface area contributed by atoms with Crippen LogP contribution in [0.1, 0.15) is 77.0 Å².